The highest BCUT2D eigenvalue weighted by Crippen LogP contribution is 2.21. The van der Waals surface area contributed by atoms with E-state index in [0.717, 1.165) is 11.2 Å². The van der Waals surface area contributed by atoms with Crippen LogP contribution in [0.4, 0.5) is 5.95 Å². The van der Waals surface area contributed by atoms with Crippen molar-refractivity contribution in [1.82, 2.24) is 19.5 Å². The van der Waals surface area contributed by atoms with Gasteiger partial charge in [0.25, 0.3) is 5.91 Å². The summed E-state index contributed by atoms with van der Waals surface area (Å²) < 4.78 is 1.87. The van der Waals surface area contributed by atoms with Crippen molar-refractivity contribution in [3.05, 3.63) is 47.5 Å². The molecular formula is C16H14N6O. The van der Waals surface area contributed by atoms with Gasteiger partial charge < -0.3 is 4.57 Å². The SMILES string of the molecule is CCn1c(NC(=O)c2cnc(C)cn2)nc2cc(C#N)ccc21. The van der Waals surface area contributed by atoms with E-state index in [-0.39, 0.29) is 11.6 Å². The molecule has 0 fully saturated rings. The maximum absolute atomic E-state index is 12.3. The normalized spacial score (nSPS) is 10.5. The molecule has 3 aromatic rings. The molecule has 0 saturated carbocycles. The van der Waals surface area contributed by atoms with Crippen molar-refractivity contribution >= 4 is 22.9 Å². The minimum absolute atomic E-state index is 0.225. The quantitative estimate of drug-likeness (QED) is 0.800. The van der Waals surface area contributed by atoms with Crippen LogP contribution in [0.2, 0.25) is 0 Å². The Bertz CT molecular complexity index is 920. The zero-order valence-corrected chi connectivity index (χ0v) is 12.7. The number of imidazole rings is 1. The van der Waals surface area contributed by atoms with Gasteiger partial charge in [-0.15, -0.1) is 0 Å². The van der Waals surface area contributed by atoms with Crippen LogP contribution in [0.1, 0.15) is 28.7 Å². The van der Waals surface area contributed by atoms with E-state index in [9.17, 15) is 4.79 Å². The number of nitrogens with zero attached hydrogens (tertiary/aromatic N) is 5. The molecule has 2 aromatic heterocycles. The van der Waals surface area contributed by atoms with Gasteiger partial charge in [-0.1, -0.05) is 0 Å². The summed E-state index contributed by atoms with van der Waals surface area (Å²) in [6.45, 7) is 4.40. The first-order valence-electron chi connectivity index (χ1n) is 7.12. The molecule has 0 unspecified atom stereocenters. The largest absolute Gasteiger partial charge is 0.310 e. The number of fused-ring (bicyclic) bond motifs is 1. The first kappa shape index (κ1) is 14.7. The number of anilines is 1. The molecule has 1 N–H and O–H groups in total. The molecule has 7 heteroatoms. The lowest BCUT2D eigenvalue weighted by Crippen LogP contribution is -2.17. The number of hydrogen-bond donors (Lipinski definition) is 1. The highest BCUT2D eigenvalue weighted by Gasteiger charge is 2.15. The Morgan fingerprint density at radius 3 is 2.83 bits per heavy atom. The lowest BCUT2D eigenvalue weighted by Gasteiger charge is -2.07. The van der Waals surface area contributed by atoms with Gasteiger partial charge in [-0.3, -0.25) is 15.1 Å². The molecule has 0 spiro atoms. The summed E-state index contributed by atoms with van der Waals surface area (Å²) in [5.74, 6) is 0.0491. The van der Waals surface area contributed by atoms with Crippen LogP contribution < -0.4 is 5.32 Å². The minimum atomic E-state index is -0.372. The average Bonchev–Trinajstić information content (AvgIpc) is 2.91. The van der Waals surface area contributed by atoms with Gasteiger partial charge in [0.1, 0.15) is 5.69 Å². The Morgan fingerprint density at radius 1 is 1.35 bits per heavy atom. The van der Waals surface area contributed by atoms with Gasteiger partial charge in [0.15, 0.2) is 0 Å². The fourth-order valence-corrected chi connectivity index (χ4v) is 2.29. The standard InChI is InChI=1S/C16H14N6O/c1-3-22-14-5-4-11(7-17)6-12(14)20-16(22)21-15(23)13-9-18-10(2)8-19-13/h4-6,8-9H,3H2,1-2H3,(H,20,21,23). The number of benzene rings is 1. The van der Waals surface area contributed by atoms with E-state index in [4.69, 9.17) is 5.26 Å². The van der Waals surface area contributed by atoms with Gasteiger partial charge in [-0.2, -0.15) is 5.26 Å². The van der Waals surface area contributed by atoms with Crippen molar-refractivity contribution < 1.29 is 4.79 Å². The van der Waals surface area contributed by atoms with Gasteiger partial charge in [0.2, 0.25) is 5.95 Å². The predicted molar refractivity (Wildman–Crippen MR) is 84.8 cm³/mol. The van der Waals surface area contributed by atoms with Crippen LogP contribution in [-0.4, -0.2) is 25.4 Å². The summed E-state index contributed by atoms with van der Waals surface area (Å²) in [4.78, 5) is 24.8. The van der Waals surface area contributed by atoms with Crippen LogP contribution in [-0.2, 0) is 6.54 Å². The molecule has 0 bridgehead atoms. The topological polar surface area (TPSA) is 96.5 Å². The summed E-state index contributed by atoms with van der Waals surface area (Å²) in [6.07, 6.45) is 2.97. The maximum Gasteiger partial charge on any atom is 0.278 e. The average molecular weight is 306 g/mol. The Labute approximate surface area is 132 Å². The zero-order valence-electron chi connectivity index (χ0n) is 12.7. The number of nitrogens with one attached hydrogen (secondary N) is 1. The highest BCUT2D eigenvalue weighted by atomic mass is 16.2. The van der Waals surface area contributed by atoms with E-state index in [0.29, 0.717) is 23.6 Å². The van der Waals surface area contributed by atoms with Crippen LogP contribution in [0.5, 0.6) is 0 Å². The fourth-order valence-electron chi connectivity index (χ4n) is 2.29. The third-order valence-corrected chi connectivity index (χ3v) is 3.43. The lowest BCUT2D eigenvalue weighted by molar-refractivity contribution is 0.102. The molecule has 0 aliphatic rings. The van der Waals surface area contributed by atoms with Gasteiger partial charge in [0, 0.05) is 12.7 Å². The summed E-state index contributed by atoms with van der Waals surface area (Å²) in [5, 5.41) is 11.7. The Balaban J connectivity index is 1.97. The number of rotatable bonds is 3. The predicted octanol–water partition coefficient (Wildman–Crippen LogP) is 2.28. The zero-order chi connectivity index (χ0) is 16.4. The van der Waals surface area contributed by atoms with Crippen molar-refractivity contribution in [1.29, 1.82) is 5.26 Å². The molecule has 1 amide bonds. The van der Waals surface area contributed by atoms with Gasteiger partial charge in [-0.05, 0) is 32.0 Å². The molecule has 23 heavy (non-hydrogen) atoms. The van der Waals surface area contributed by atoms with E-state index in [1.165, 1.54) is 12.4 Å². The lowest BCUT2D eigenvalue weighted by atomic mass is 10.2. The van der Waals surface area contributed by atoms with E-state index < -0.39 is 0 Å². The Hall–Kier alpha value is -3.27. The van der Waals surface area contributed by atoms with E-state index in [1.807, 2.05) is 17.6 Å². The molecule has 0 atom stereocenters. The van der Waals surface area contributed by atoms with Crippen LogP contribution in [0.3, 0.4) is 0 Å². The summed E-state index contributed by atoms with van der Waals surface area (Å²) >= 11 is 0. The van der Waals surface area contributed by atoms with E-state index in [1.54, 1.807) is 19.1 Å². The minimum Gasteiger partial charge on any atom is -0.310 e. The third kappa shape index (κ3) is 2.74. The van der Waals surface area contributed by atoms with Crippen molar-refractivity contribution in [3.8, 4) is 6.07 Å². The Kier molecular flexibility index (Phi) is 3.73. The molecule has 1 aromatic carbocycles. The molecule has 3 rings (SSSR count). The smallest absolute Gasteiger partial charge is 0.278 e. The molecule has 0 radical (unpaired) electrons. The van der Waals surface area contributed by atoms with E-state index >= 15 is 0 Å². The molecule has 114 valence electrons. The monoisotopic (exact) mass is 306 g/mol. The second kappa shape index (κ2) is 5.85. The van der Waals surface area contributed by atoms with Crippen molar-refractivity contribution in [2.24, 2.45) is 0 Å². The van der Waals surface area contributed by atoms with Crippen LogP contribution >= 0.6 is 0 Å². The number of carbonyl (C=O) groups excluding carboxylic acids is 1. The fraction of sp³-hybridized carbons (Fsp3) is 0.188. The van der Waals surface area contributed by atoms with Crippen LogP contribution in [0, 0.1) is 18.3 Å². The molecule has 2 heterocycles. The molecule has 0 aliphatic heterocycles. The second-order valence-corrected chi connectivity index (χ2v) is 4.99. The number of aromatic nitrogens is 4. The molecule has 0 saturated heterocycles. The first-order chi connectivity index (χ1) is 11.1. The number of carbonyl (C=O) groups is 1. The van der Waals surface area contributed by atoms with E-state index in [2.05, 4.69) is 26.3 Å². The molecular weight excluding hydrogens is 292 g/mol. The maximum atomic E-state index is 12.3. The van der Waals surface area contributed by atoms with Crippen molar-refractivity contribution in [2.45, 2.75) is 20.4 Å². The van der Waals surface area contributed by atoms with Crippen LogP contribution in [0.15, 0.2) is 30.6 Å². The summed E-state index contributed by atoms with van der Waals surface area (Å²) in [5.41, 5.74) is 3.02. The number of amides is 1. The second-order valence-electron chi connectivity index (χ2n) is 4.99. The van der Waals surface area contributed by atoms with Crippen molar-refractivity contribution in [2.75, 3.05) is 5.32 Å². The van der Waals surface area contributed by atoms with Crippen LogP contribution in [0.25, 0.3) is 11.0 Å². The van der Waals surface area contributed by atoms with Gasteiger partial charge in [-0.25, -0.2) is 9.97 Å². The van der Waals surface area contributed by atoms with Gasteiger partial charge >= 0.3 is 0 Å². The molecule has 7 nitrogen and oxygen atoms in total. The summed E-state index contributed by atoms with van der Waals surface area (Å²) in [7, 11) is 0. The molecule has 0 aliphatic carbocycles. The highest BCUT2D eigenvalue weighted by molar-refractivity contribution is 6.02. The number of hydrogen-bond acceptors (Lipinski definition) is 5. The Morgan fingerprint density at radius 2 is 2.17 bits per heavy atom. The number of aryl methyl sites for hydroxylation is 2. The first-order valence-corrected chi connectivity index (χ1v) is 7.12. The van der Waals surface area contributed by atoms with Crippen molar-refractivity contribution in [3.63, 3.8) is 0 Å². The van der Waals surface area contributed by atoms with Gasteiger partial charge in [0.05, 0.1) is 34.6 Å². The third-order valence-electron chi connectivity index (χ3n) is 3.43. The number of nitriles is 1. The summed E-state index contributed by atoms with van der Waals surface area (Å²) in [6, 6.07) is 7.33.